The van der Waals surface area contributed by atoms with Crippen LogP contribution in [0, 0.1) is 45.8 Å². The van der Waals surface area contributed by atoms with E-state index in [-0.39, 0.29) is 59.7 Å². The third-order valence-corrected chi connectivity index (χ3v) is 13.1. The highest BCUT2D eigenvalue weighted by Crippen LogP contribution is 2.89. The summed E-state index contributed by atoms with van der Waals surface area (Å²) in [5.74, 6) is -1.58. The standard InChI is InChI=1S/C29H42NO7/c1-7-12(3)25(34)37-20-16-13(4)9-28-17(20)23-29(22(28)19(16)32)11-14(36-15(31)8-2)10-27(5)21(29)18(24(28)33)30(23,6)26(27)35/h12,14,16-24,26,32-33,35H,4,7-11H2,1-3,5-6H3/q+1/t12-,14+,16-,17-,18-,19-,20-,21-,22-,23-,24+,26-,27-,28+,29+,30?/m1/s1. The van der Waals surface area contributed by atoms with Gasteiger partial charge in [-0.25, -0.2) is 0 Å². The molecule has 3 N–H and O–H groups in total. The number of carbonyl (C=O) groups is 2. The lowest BCUT2D eigenvalue weighted by Crippen LogP contribution is -2.77. The SMILES string of the molecule is C=C1C[C@]23[C@@H]4[C@H](OC(=O)[C@H](C)CC)[C@H]1[C@@H](O)[C@H]2[C@]12C[C@@H](OC(=O)CC)C[C@]5(C)[C@H]1[C@H]([C@@H]3O)[N+](C)([C@@H]5O)[C@H]42. The molecule has 1 unspecified atom stereocenters. The topological polar surface area (TPSA) is 113 Å². The van der Waals surface area contributed by atoms with Crippen LogP contribution in [-0.2, 0) is 19.1 Å². The van der Waals surface area contributed by atoms with Gasteiger partial charge in [-0.05, 0) is 25.7 Å². The zero-order chi connectivity index (χ0) is 26.6. The predicted octanol–water partition coefficient (Wildman–Crippen LogP) is 1.76. The number of aliphatic hydroxyl groups excluding tert-OH is 3. The normalized spacial score (nSPS) is 60.1. The summed E-state index contributed by atoms with van der Waals surface area (Å²) in [4.78, 5) is 25.6. The molecule has 0 aromatic rings. The van der Waals surface area contributed by atoms with E-state index in [1.165, 1.54) is 0 Å². The molecule has 3 saturated heterocycles. The van der Waals surface area contributed by atoms with Gasteiger partial charge in [0.15, 0.2) is 6.23 Å². The number of hydrogen-bond acceptors (Lipinski definition) is 7. The zero-order valence-electron chi connectivity index (χ0n) is 22.6. The van der Waals surface area contributed by atoms with Crippen molar-refractivity contribution in [2.45, 2.75) is 103 Å². The Bertz CT molecular complexity index is 1110. The number of ether oxygens (including phenoxy) is 2. The number of likely N-dealkylation sites (N-methyl/N-ethyl adjacent to an activating group) is 1. The van der Waals surface area contributed by atoms with Crippen LogP contribution in [0.25, 0.3) is 0 Å². The van der Waals surface area contributed by atoms with Crippen LogP contribution in [0.1, 0.15) is 59.8 Å². The lowest BCUT2D eigenvalue weighted by atomic mass is 9.38. The van der Waals surface area contributed by atoms with E-state index in [2.05, 4.69) is 20.6 Å². The Morgan fingerprint density at radius 1 is 1.14 bits per heavy atom. The maximum atomic E-state index is 13.2. The van der Waals surface area contributed by atoms with Gasteiger partial charge in [0, 0.05) is 35.0 Å². The quantitative estimate of drug-likeness (QED) is 0.290. The molecule has 6 saturated carbocycles. The van der Waals surface area contributed by atoms with Gasteiger partial charge in [0.2, 0.25) is 0 Å². The van der Waals surface area contributed by atoms with E-state index in [0.29, 0.717) is 36.6 Å². The molecule has 9 rings (SSSR count). The largest absolute Gasteiger partial charge is 0.462 e. The number of fused-ring (bicyclic) bond motifs is 1. The van der Waals surface area contributed by atoms with Gasteiger partial charge in [0.05, 0.1) is 30.4 Å². The van der Waals surface area contributed by atoms with Gasteiger partial charge in [-0.1, -0.05) is 39.8 Å². The highest BCUT2D eigenvalue weighted by atomic mass is 16.6. The Hall–Kier alpha value is -1.48. The summed E-state index contributed by atoms with van der Waals surface area (Å²) in [6.45, 7) is 12.0. The van der Waals surface area contributed by atoms with E-state index < -0.39 is 40.8 Å². The van der Waals surface area contributed by atoms with Crippen LogP contribution in [0.4, 0.5) is 0 Å². The van der Waals surface area contributed by atoms with Crippen molar-refractivity contribution >= 4 is 11.9 Å². The Labute approximate surface area is 218 Å². The van der Waals surface area contributed by atoms with Crippen LogP contribution < -0.4 is 0 Å². The molecule has 0 aromatic heterocycles. The van der Waals surface area contributed by atoms with Gasteiger partial charge < -0.3 is 24.8 Å². The molecular formula is C29H42NO7+. The summed E-state index contributed by atoms with van der Waals surface area (Å²) in [5, 5.41) is 36.5. The van der Waals surface area contributed by atoms with Crippen molar-refractivity contribution in [2.24, 2.45) is 45.8 Å². The highest BCUT2D eigenvalue weighted by molar-refractivity contribution is 5.72. The molecule has 8 nitrogen and oxygen atoms in total. The molecule has 2 spiro atoms. The van der Waals surface area contributed by atoms with Crippen LogP contribution in [0.2, 0.25) is 0 Å². The van der Waals surface area contributed by atoms with Crippen molar-refractivity contribution < 1.29 is 38.9 Å². The lowest BCUT2D eigenvalue weighted by molar-refractivity contribution is -0.996. The molecule has 0 amide bonds. The summed E-state index contributed by atoms with van der Waals surface area (Å²) in [5.41, 5.74) is -0.760. The third kappa shape index (κ3) is 2.24. The molecule has 0 aromatic carbocycles. The van der Waals surface area contributed by atoms with E-state index in [1.54, 1.807) is 6.92 Å². The fraction of sp³-hybridized carbons (Fsp3) is 0.862. The van der Waals surface area contributed by atoms with Gasteiger partial charge in [0.25, 0.3) is 0 Å². The molecule has 9 aliphatic rings. The van der Waals surface area contributed by atoms with Gasteiger partial charge >= 0.3 is 11.9 Å². The van der Waals surface area contributed by atoms with E-state index in [9.17, 15) is 24.9 Å². The molecule has 3 aliphatic heterocycles. The maximum absolute atomic E-state index is 13.2. The minimum Gasteiger partial charge on any atom is -0.462 e. The Kier molecular flexibility index (Phi) is 4.63. The third-order valence-electron chi connectivity index (χ3n) is 13.1. The second-order valence-corrected chi connectivity index (χ2v) is 14.1. The smallest absolute Gasteiger partial charge is 0.308 e. The number of piperidine rings is 2. The first-order valence-electron chi connectivity index (χ1n) is 14.3. The minimum absolute atomic E-state index is 0.00890. The maximum Gasteiger partial charge on any atom is 0.308 e. The number of hydrogen-bond donors (Lipinski definition) is 3. The lowest BCUT2D eigenvalue weighted by Gasteiger charge is -2.66. The monoisotopic (exact) mass is 516 g/mol. The van der Waals surface area contributed by atoms with Crippen molar-refractivity contribution in [1.82, 2.24) is 0 Å². The van der Waals surface area contributed by atoms with E-state index in [1.807, 2.05) is 13.8 Å². The number of nitrogens with zero attached hydrogens (tertiary/aromatic N) is 1. The van der Waals surface area contributed by atoms with Crippen LogP contribution in [0.15, 0.2) is 12.2 Å². The molecule has 9 fully saturated rings. The molecule has 37 heavy (non-hydrogen) atoms. The van der Waals surface area contributed by atoms with Crippen LogP contribution in [-0.4, -0.2) is 81.5 Å². The van der Waals surface area contributed by atoms with Crippen molar-refractivity contribution in [3.63, 3.8) is 0 Å². The van der Waals surface area contributed by atoms with Crippen molar-refractivity contribution in [3.05, 3.63) is 12.2 Å². The average Bonchev–Trinajstić information content (AvgIpc) is 3.23. The molecular weight excluding hydrogens is 474 g/mol. The zero-order valence-corrected chi connectivity index (χ0v) is 22.6. The molecule has 6 aliphatic carbocycles. The first-order valence-corrected chi connectivity index (χ1v) is 14.3. The first-order chi connectivity index (χ1) is 17.4. The number of aliphatic hydroxyl groups is 3. The fourth-order valence-corrected chi connectivity index (χ4v) is 12.4. The summed E-state index contributed by atoms with van der Waals surface area (Å²) in [6, 6.07) is -0.259. The molecule has 8 heteroatoms. The van der Waals surface area contributed by atoms with Crippen LogP contribution in [0.5, 0.6) is 0 Å². The van der Waals surface area contributed by atoms with E-state index in [4.69, 9.17) is 9.47 Å². The summed E-state index contributed by atoms with van der Waals surface area (Å²) in [7, 11) is 2.08. The minimum atomic E-state index is -0.804. The second kappa shape index (κ2) is 6.98. The van der Waals surface area contributed by atoms with Crippen molar-refractivity contribution in [1.29, 1.82) is 0 Å². The van der Waals surface area contributed by atoms with Gasteiger partial charge in [-0.15, -0.1) is 0 Å². The van der Waals surface area contributed by atoms with Crippen molar-refractivity contribution in [2.75, 3.05) is 7.05 Å². The fourth-order valence-electron chi connectivity index (χ4n) is 12.4. The van der Waals surface area contributed by atoms with Gasteiger partial charge in [-0.2, -0.15) is 0 Å². The predicted molar refractivity (Wildman–Crippen MR) is 131 cm³/mol. The number of quaternary nitrogens is 1. The van der Waals surface area contributed by atoms with E-state index in [0.717, 1.165) is 5.57 Å². The Morgan fingerprint density at radius 3 is 2.49 bits per heavy atom. The molecule has 204 valence electrons. The number of carbonyl (C=O) groups excluding carboxylic acids is 2. The van der Waals surface area contributed by atoms with Crippen LogP contribution in [0.3, 0.4) is 0 Å². The summed E-state index contributed by atoms with van der Waals surface area (Å²) in [6.07, 6.45) is -0.476. The average molecular weight is 517 g/mol. The van der Waals surface area contributed by atoms with E-state index >= 15 is 0 Å². The first kappa shape index (κ1) is 24.6. The molecule has 0 radical (unpaired) electrons. The molecule has 9 bridgehead atoms. The Balaban J connectivity index is 1.43. The van der Waals surface area contributed by atoms with Crippen molar-refractivity contribution in [3.8, 4) is 0 Å². The second-order valence-electron chi connectivity index (χ2n) is 14.1. The van der Waals surface area contributed by atoms with Gasteiger partial charge in [0.1, 0.15) is 30.4 Å². The number of rotatable bonds is 5. The molecule has 16 atom stereocenters. The number of esters is 2. The van der Waals surface area contributed by atoms with Gasteiger partial charge in [-0.3, -0.25) is 14.1 Å². The summed E-state index contributed by atoms with van der Waals surface area (Å²) >= 11 is 0. The Morgan fingerprint density at radius 2 is 1.84 bits per heavy atom. The summed E-state index contributed by atoms with van der Waals surface area (Å²) < 4.78 is 12.6. The van der Waals surface area contributed by atoms with Crippen LogP contribution >= 0.6 is 0 Å². The molecule has 3 heterocycles. The highest BCUT2D eigenvalue weighted by Gasteiger charge is 2.99.